The Balaban J connectivity index is 1.59. The minimum atomic E-state index is -0.357. The number of halogens is 1. The zero-order valence-electron chi connectivity index (χ0n) is 15.3. The van der Waals surface area contributed by atoms with Crippen LogP contribution in [0.1, 0.15) is 10.4 Å². The molecule has 1 amide bonds. The van der Waals surface area contributed by atoms with Crippen molar-refractivity contribution in [1.29, 1.82) is 0 Å². The molecule has 7 heteroatoms. The topological polar surface area (TPSA) is 57.7 Å². The van der Waals surface area contributed by atoms with E-state index in [1.165, 1.54) is 13.2 Å². The van der Waals surface area contributed by atoms with Crippen molar-refractivity contribution in [2.75, 3.05) is 49.6 Å². The third-order valence-corrected chi connectivity index (χ3v) is 4.52. The Hall–Kier alpha value is -3.09. The van der Waals surface area contributed by atoms with Crippen LogP contribution in [0.3, 0.4) is 0 Å². The zero-order chi connectivity index (χ0) is 19.2. The fraction of sp³-hybridized carbons (Fsp3) is 0.300. The van der Waals surface area contributed by atoms with Gasteiger partial charge < -0.3 is 19.9 Å². The lowest BCUT2D eigenvalue weighted by Crippen LogP contribution is -2.46. The van der Waals surface area contributed by atoms with Crippen LogP contribution < -0.4 is 19.9 Å². The Morgan fingerprint density at radius 2 is 2.00 bits per heavy atom. The molecule has 0 aliphatic carbocycles. The molecule has 1 aliphatic rings. The molecule has 0 saturated carbocycles. The van der Waals surface area contributed by atoms with Crippen molar-refractivity contribution in [3.8, 4) is 5.75 Å². The Morgan fingerprint density at radius 1 is 1.26 bits per heavy atom. The number of piperazine rings is 1. The lowest BCUT2D eigenvalue weighted by molar-refractivity contribution is 0.0957. The largest absolute Gasteiger partial charge is 0.494 e. The van der Waals surface area contributed by atoms with Crippen LogP contribution in [0, 0.1) is 5.82 Å². The SMILES string of the molecule is C=CCNC(=O)c1ccc(N2CCN(c3ccc(OC)c(F)c3)CC2)nc1. The molecule has 1 aromatic heterocycles. The van der Waals surface area contributed by atoms with E-state index in [-0.39, 0.29) is 17.5 Å². The zero-order valence-corrected chi connectivity index (χ0v) is 15.3. The molecule has 2 heterocycles. The number of pyridine rings is 1. The number of methoxy groups -OCH3 is 1. The van der Waals surface area contributed by atoms with E-state index in [0.717, 1.165) is 37.7 Å². The van der Waals surface area contributed by atoms with E-state index >= 15 is 0 Å². The average molecular weight is 370 g/mol. The van der Waals surface area contributed by atoms with Crippen molar-refractivity contribution in [2.24, 2.45) is 0 Å². The normalized spacial score (nSPS) is 14.0. The van der Waals surface area contributed by atoms with E-state index in [1.807, 2.05) is 12.1 Å². The molecule has 1 fully saturated rings. The number of aromatic nitrogens is 1. The molecule has 0 unspecified atom stereocenters. The molecule has 0 spiro atoms. The molecule has 3 rings (SSSR count). The molecular weight excluding hydrogens is 347 g/mol. The van der Waals surface area contributed by atoms with Crippen molar-refractivity contribution in [1.82, 2.24) is 10.3 Å². The third kappa shape index (κ3) is 4.36. The molecule has 2 aromatic rings. The van der Waals surface area contributed by atoms with Crippen molar-refractivity contribution in [2.45, 2.75) is 0 Å². The van der Waals surface area contributed by atoms with Gasteiger partial charge in [-0.1, -0.05) is 6.08 Å². The Kier molecular flexibility index (Phi) is 5.90. The van der Waals surface area contributed by atoms with Crippen LogP contribution in [0.2, 0.25) is 0 Å². The molecule has 0 bridgehead atoms. The average Bonchev–Trinajstić information content (AvgIpc) is 2.72. The summed E-state index contributed by atoms with van der Waals surface area (Å²) in [5, 5.41) is 2.73. The van der Waals surface area contributed by atoms with Gasteiger partial charge in [0.2, 0.25) is 0 Å². The molecule has 1 aliphatic heterocycles. The first-order valence-electron chi connectivity index (χ1n) is 8.81. The minimum Gasteiger partial charge on any atom is -0.494 e. The van der Waals surface area contributed by atoms with Gasteiger partial charge in [0.05, 0.1) is 12.7 Å². The number of ether oxygens (including phenoxy) is 1. The number of hydrogen-bond acceptors (Lipinski definition) is 5. The van der Waals surface area contributed by atoms with E-state index < -0.39 is 0 Å². The number of nitrogens with zero attached hydrogens (tertiary/aromatic N) is 3. The number of anilines is 2. The highest BCUT2D eigenvalue weighted by Crippen LogP contribution is 2.25. The lowest BCUT2D eigenvalue weighted by Gasteiger charge is -2.36. The number of nitrogens with one attached hydrogen (secondary N) is 1. The smallest absolute Gasteiger partial charge is 0.253 e. The van der Waals surface area contributed by atoms with Crippen LogP contribution in [-0.2, 0) is 0 Å². The summed E-state index contributed by atoms with van der Waals surface area (Å²) in [5.41, 5.74) is 1.36. The van der Waals surface area contributed by atoms with Crippen LogP contribution in [0.4, 0.5) is 15.9 Å². The van der Waals surface area contributed by atoms with Gasteiger partial charge in [0.25, 0.3) is 5.91 Å². The summed E-state index contributed by atoms with van der Waals surface area (Å²) in [6.45, 7) is 7.05. The Morgan fingerprint density at radius 3 is 2.59 bits per heavy atom. The molecule has 1 saturated heterocycles. The van der Waals surface area contributed by atoms with Gasteiger partial charge in [-0.3, -0.25) is 4.79 Å². The predicted molar refractivity (Wildman–Crippen MR) is 104 cm³/mol. The molecule has 1 N–H and O–H groups in total. The summed E-state index contributed by atoms with van der Waals surface area (Å²) in [7, 11) is 1.46. The van der Waals surface area contributed by atoms with Gasteiger partial charge in [-0.15, -0.1) is 6.58 Å². The van der Waals surface area contributed by atoms with E-state index in [0.29, 0.717) is 12.1 Å². The van der Waals surface area contributed by atoms with Crippen molar-refractivity contribution in [3.63, 3.8) is 0 Å². The second-order valence-corrected chi connectivity index (χ2v) is 6.20. The van der Waals surface area contributed by atoms with Crippen molar-refractivity contribution < 1.29 is 13.9 Å². The molecule has 6 nitrogen and oxygen atoms in total. The molecule has 142 valence electrons. The summed E-state index contributed by atoms with van der Waals surface area (Å²) in [5.74, 6) is 0.555. The van der Waals surface area contributed by atoms with Crippen molar-refractivity contribution >= 4 is 17.4 Å². The van der Waals surface area contributed by atoms with Gasteiger partial charge in [0.1, 0.15) is 5.82 Å². The lowest BCUT2D eigenvalue weighted by atomic mass is 10.2. The predicted octanol–water partition coefficient (Wildman–Crippen LogP) is 2.47. The van der Waals surface area contributed by atoms with Crippen LogP contribution in [0.15, 0.2) is 49.2 Å². The fourth-order valence-electron chi connectivity index (χ4n) is 3.02. The Bertz CT molecular complexity index is 802. The number of carbonyl (C=O) groups is 1. The van der Waals surface area contributed by atoms with Gasteiger partial charge in [-0.25, -0.2) is 9.37 Å². The highest BCUT2D eigenvalue weighted by Gasteiger charge is 2.19. The number of benzene rings is 1. The minimum absolute atomic E-state index is 0.166. The van der Waals surface area contributed by atoms with Gasteiger partial charge in [0, 0.05) is 50.7 Å². The van der Waals surface area contributed by atoms with Gasteiger partial charge in [-0.05, 0) is 24.3 Å². The van der Waals surface area contributed by atoms with E-state index in [9.17, 15) is 9.18 Å². The monoisotopic (exact) mass is 370 g/mol. The summed E-state index contributed by atoms with van der Waals surface area (Å²) < 4.78 is 18.9. The molecule has 1 aromatic carbocycles. The summed E-state index contributed by atoms with van der Waals surface area (Å²) in [6.07, 6.45) is 3.22. The van der Waals surface area contributed by atoms with Crippen molar-refractivity contribution in [3.05, 3.63) is 60.6 Å². The summed E-state index contributed by atoms with van der Waals surface area (Å²) in [6, 6.07) is 8.64. The maximum absolute atomic E-state index is 13.9. The number of rotatable bonds is 6. The first-order valence-corrected chi connectivity index (χ1v) is 8.81. The van der Waals surface area contributed by atoms with E-state index in [4.69, 9.17) is 4.74 Å². The van der Waals surface area contributed by atoms with Crippen LogP contribution in [0.5, 0.6) is 5.75 Å². The second kappa shape index (κ2) is 8.53. The molecular formula is C20H23FN4O2. The summed E-state index contributed by atoms with van der Waals surface area (Å²) >= 11 is 0. The maximum atomic E-state index is 13.9. The Labute approximate surface area is 158 Å². The standard InChI is InChI=1S/C20H23FN4O2/c1-3-8-22-20(26)15-4-7-19(23-14-15)25-11-9-24(10-12-25)16-5-6-18(27-2)17(21)13-16/h3-7,13-14H,1,8-12H2,2H3,(H,22,26). The first kappa shape index (κ1) is 18.7. The number of carbonyl (C=O) groups excluding carboxylic acids is 1. The van der Waals surface area contributed by atoms with Gasteiger partial charge in [0.15, 0.2) is 11.6 Å². The quantitative estimate of drug-likeness (QED) is 0.792. The van der Waals surface area contributed by atoms with Crippen LogP contribution in [-0.4, -0.2) is 50.7 Å². The highest BCUT2D eigenvalue weighted by atomic mass is 19.1. The second-order valence-electron chi connectivity index (χ2n) is 6.20. The van der Waals surface area contributed by atoms with Crippen LogP contribution in [0.25, 0.3) is 0 Å². The van der Waals surface area contributed by atoms with Gasteiger partial charge >= 0.3 is 0 Å². The third-order valence-electron chi connectivity index (χ3n) is 4.52. The van der Waals surface area contributed by atoms with Gasteiger partial charge in [-0.2, -0.15) is 0 Å². The number of hydrogen-bond donors (Lipinski definition) is 1. The highest BCUT2D eigenvalue weighted by molar-refractivity contribution is 5.94. The summed E-state index contributed by atoms with van der Waals surface area (Å²) in [4.78, 5) is 20.6. The molecule has 0 atom stereocenters. The number of amides is 1. The van der Waals surface area contributed by atoms with Crippen LogP contribution >= 0.6 is 0 Å². The molecule has 0 radical (unpaired) electrons. The molecule has 27 heavy (non-hydrogen) atoms. The fourth-order valence-corrected chi connectivity index (χ4v) is 3.02. The van der Waals surface area contributed by atoms with E-state index in [2.05, 4.69) is 26.7 Å². The maximum Gasteiger partial charge on any atom is 0.253 e. The first-order chi connectivity index (χ1) is 13.1. The van der Waals surface area contributed by atoms with E-state index in [1.54, 1.807) is 24.4 Å².